The summed E-state index contributed by atoms with van der Waals surface area (Å²) < 4.78 is 42.4. The number of benzene rings is 2. The second-order valence-corrected chi connectivity index (χ2v) is 5.23. The van der Waals surface area contributed by atoms with Crippen molar-refractivity contribution in [1.29, 1.82) is 0 Å². The zero-order valence-corrected chi connectivity index (χ0v) is 13.4. The second-order valence-electron chi connectivity index (χ2n) is 5.23. The van der Waals surface area contributed by atoms with E-state index in [-0.39, 0.29) is 16.9 Å². The highest BCUT2D eigenvalue weighted by molar-refractivity contribution is 5.98. The molecule has 27 heavy (non-hydrogen) atoms. The van der Waals surface area contributed by atoms with E-state index in [1.807, 2.05) is 0 Å². The zero-order valence-electron chi connectivity index (χ0n) is 13.4. The highest BCUT2D eigenvalue weighted by Gasteiger charge is 2.31. The Labute approximate surface area is 149 Å². The molecule has 0 aliphatic rings. The van der Waals surface area contributed by atoms with Gasteiger partial charge in [-0.2, -0.15) is 13.2 Å². The average molecular weight is 383 g/mol. The number of carbonyl (C=O) groups excluding carboxylic acids is 2. The van der Waals surface area contributed by atoms with Crippen molar-refractivity contribution >= 4 is 28.9 Å². The molecule has 0 radical (unpaired) electrons. The number of nitrogens with two attached hydrogens (primary N) is 1. The van der Waals surface area contributed by atoms with E-state index in [0.29, 0.717) is 12.1 Å². The first-order chi connectivity index (χ1) is 12.6. The van der Waals surface area contributed by atoms with Gasteiger partial charge in [0.1, 0.15) is 0 Å². The molecular formula is C16H12F3N3O5. The molecule has 0 saturated heterocycles. The summed E-state index contributed by atoms with van der Waals surface area (Å²) in [4.78, 5) is 33.7. The molecule has 0 aromatic heterocycles. The summed E-state index contributed by atoms with van der Waals surface area (Å²) in [6.07, 6.45) is -4.62. The van der Waals surface area contributed by atoms with E-state index in [9.17, 15) is 32.9 Å². The minimum Gasteiger partial charge on any atom is -0.452 e. The van der Waals surface area contributed by atoms with Gasteiger partial charge in [0.05, 0.1) is 16.1 Å². The number of nitrogens with zero attached hydrogens (tertiary/aromatic N) is 1. The van der Waals surface area contributed by atoms with Crippen molar-refractivity contribution in [3.05, 3.63) is 63.7 Å². The van der Waals surface area contributed by atoms with Gasteiger partial charge in [0.15, 0.2) is 6.61 Å². The predicted molar refractivity (Wildman–Crippen MR) is 87.9 cm³/mol. The second kappa shape index (κ2) is 7.72. The molecule has 1 amide bonds. The zero-order chi connectivity index (χ0) is 20.2. The van der Waals surface area contributed by atoms with Crippen molar-refractivity contribution < 1.29 is 32.4 Å². The number of amides is 1. The quantitative estimate of drug-likeness (QED) is 0.354. The van der Waals surface area contributed by atoms with Crippen LogP contribution < -0.4 is 11.1 Å². The van der Waals surface area contributed by atoms with Crippen molar-refractivity contribution in [3.63, 3.8) is 0 Å². The maximum atomic E-state index is 12.6. The van der Waals surface area contributed by atoms with Gasteiger partial charge in [0, 0.05) is 23.5 Å². The Bertz CT molecular complexity index is 899. The summed E-state index contributed by atoms with van der Waals surface area (Å²) in [5, 5.41) is 13.0. The molecule has 3 N–H and O–H groups in total. The first kappa shape index (κ1) is 19.7. The van der Waals surface area contributed by atoms with Crippen molar-refractivity contribution in [1.82, 2.24) is 0 Å². The number of nitro groups is 1. The van der Waals surface area contributed by atoms with Crippen molar-refractivity contribution in [2.45, 2.75) is 6.18 Å². The third-order valence-corrected chi connectivity index (χ3v) is 3.27. The van der Waals surface area contributed by atoms with Crippen LogP contribution >= 0.6 is 0 Å². The van der Waals surface area contributed by atoms with Gasteiger partial charge in [0.25, 0.3) is 11.6 Å². The fourth-order valence-corrected chi connectivity index (χ4v) is 2.03. The van der Waals surface area contributed by atoms with Crippen LogP contribution in [0.1, 0.15) is 15.9 Å². The van der Waals surface area contributed by atoms with E-state index >= 15 is 0 Å². The third-order valence-electron chi connectivity index (χ3n) is 3.27. The molecule has 11 heteroatoms. The van der Waals surface area contributed by atoms with Gasteiger partial charge in [-0.15, -0.1) is 0 Å². The summed E-state index contributed by atoms with van der Waals surface area (Å²) in [7, 11) is 0. The smallest absolute Gasteiger partial charge is 0.416 e. The largest absolute Gasteiger partial charge is 0.452 e. The molecule has 0 atom stereocenters. The molecule has 0 aliphatic heterocycles. The van der Waals surface area contributed by atoms with Gasteiger partial charge in [-0.3, -0.25) is 14.9 Å². The van der Waals surface area contributed by atoms with E-state index in [1.54, 1.807) is 0 Å². The Kier molecular flexibility index (Phi) is 5.63. The maximum absolute atomic E-state index is 12.6. The minimum absolute atomic E-state index is 0.110. The van der Waals surface area contributed by atoms with E-state index < -0.39 is 40.8 Å². The van der Waals surface area contributed by atoms with Gasteiger partial charge < -0.3 is 15.8 Å². The van der Waals surface area contributed by atoms with Crippen LogP contribution in [0.4, 0.5) is 30.2 Å². The maximum Gasteiger partial charge on any atom is 0.416 e. The number of anilines is 2. The number of carbonyl (C=O) groups is 2. The molecule has 0 spiro atoms. The number of nitro benzene ring substituents is 1. The summed E-state index contributed by atoms with van der Waals surface area (Å²) in [5.74, 6) is -1.88. The van der Waals surface area contributed by atoms with Crippen molar-refractivity contribution in [3.8, 4) is 0 Å². The summed E-state index contributed by atoms with van der Waals surface area (Å²) >= 11 is 0. The van der Waals surface area contributed by atoms with Crippen LogP contribution in [-0.4, -0.2) is 23.4 Å². The topological polar surface area (TPSA) is 125 Å². The van der Waals surface area contributed by atoms with Crippen LogP contribution in [0.3, 0.4) is 0 Å². The van der Waals surface area contributed by atoms with Gasteiger partial charge in [0.2, 0.25) is 0 Å². The molecule has 0 bridgehead atoms. The van der Waals surface area contributed by atoms with Crippen LogP contribution in [0.25, 0.3) is 0 Å². The Morgan fingerprint density at radius 3 is 2.48 bits per heavy atom. The lowest BCUT2D eigenvalue weighted by molar-refractivity contribution is -0.384. The first-order valence-corrected chi connectivity index (χ1v) is 7.26. The lowest BCUT2D eigenvalue weighted by Crippen LogP contribution is -2.21. The number of hydrogen-bond acceptors (Lipinski definition) is 6. The number of ether oxygens (including phenoxy) is 1. The summed E-state index contributed by atoms with van der Waals surface area (Å²) in [6.45, 7) is -0.762. The molecule has 0 aliphatic carbocycles. The van der Waals surface area contributed by atoms with Crippen LogP contribution in [0, 0.1) is 10.1 Å². The number of rotatable bonds is 5. The van der Waals surface area contributed by atoms with E-state index in [0.717, 1.165) is 12.1 Å². The number of hydrogen-bond donors (Lipinski definition) is 2. The van der Waals surface area contributed by atoms with Gasteiger partial charge in [-0.1, -0.05) is 6.07 Å². The predicted octanol–water partition coefficient (Wildman–Crippen LogP) is 2.99. The standard InChI is InChI=1S/C16H12F3N3O5/c17-16(18,19)9-4-5-12(13(20)6-9)15(24)27-8-14(23)21-10-2-1-3-11(7-10)22(25)26/h1-7H,8,20H2,(H,21,23). The lowest BCUT2D eigenvalue weighted by atomic mass is 10.1. The Morgan fingerprint density at radius 2 is 1.89 bits per heavy atom. The molecule has 8 nitrogen and oxygen atoms in total. The molecule has 0 heterocycles. The molecule has 0 fully saturated rings. The number of non-ortho nitro benzene ring substituents is 1. The normalized spacial score (nSPS) is 10.9. The SMILES string of the molecule is Nc1cc(C(F)(F)F)ccc1C(=O)OCC(=O)Nc1cccc([N+](=O)[O-])c1. The lowest BCUT2D eigenvalue weighted by Gasteiger charge is -2.11. The number of nitrogen functional groups attached to an aromatic ring is 1. The molecule has 142 valence electrons. The molecule has 2 aromatic rings. The van der Waals surface area contributed by atoms with E-state index in [4.69, 9.17) is 10.5 Å². The Morgan fingerprint density at radius 1 is 1.19 bits per heavy atom. The van der Waals surface area contributed by atoms with Crippen LogP contribution in [0.5, 0.6) is 0 Å². The van der Waals surface area contributed by atoms with Gasteiger partial charge in [-0.05, 0) is 24.3 Å². The first-order valence-electron chi connectivity index (χ1n) is 7.26. The molecule has 0 unspecified atom stereocenters. The molecule has 2 rings (SSSR count). The summed E-state index contributed by atoms with van der Waals surface area (Å²) in [5.41, 5.74) is 3.49. The fraction of sp³-hybridized carbons (Fsp3) is 0.125. The summed E-state index contributed by atoms with van der Waals surface area (Å²) in [6, 6.07) is 7.16. The number of halogens is 3. The van der Waals surface area contributed by atoms with Gasteiger partial charge >= 0.3 is 12.1 Å². The van der Waals surface area contributed by atoms with Crippen molar-refractivity contribution in [2.24, 2.45) is 0 Å². The van der Waals surface area contributed by atoms with Gasteiger partial charge in [-0.25, -0.2) is 4.79 Å². The third kappa shape index (κ3) is 5.17. The van der Waals surface area contributed by atoms with Crippen molar-refractivity contribution in [2.75, 3.05) is 17.7 Å². The van der Waals surface area contributed by atoms with Crippen LogP contribution in [-0.2, 0) is 15.7 Å². The minimum atomic E-state index is -4.62. The molecule has 2 aromatic carbocycles. The van der Waals surface area contributed by atoms with E-state index in [1.165, 1.54) is 18.2 Å². The molecular weight excluding hydrogens is 371 g/mol. The highest BCUT2D eigenvalue weighted by Crippen LogP contribution is 2.31. The van der Waals surface area contributed by atoms with Crippen LogP contribution in [0.2, 0.25) is 0 Å². The number of alkyl halides is 3. The monoisotopic (exact) mass is 383 g/mol. The fourth-order valence-electron chi connectivity index (χ4n) is 2.03. The number of nitrogens with one attached hydrogen (secondary N) is 1. The van der Waals surface area contributed by atoms with Crippen LogP contribution in [0.15, 0.2) is 42.5 Å². The Hall–Kier alpha value is -3.63. The highest BCUT2D eigenvalue weighted by atomic mass is 19.4. The Balaban J connectivity index is 1.98. The molecule has 0 saturated carbocycles. The van der Waals surface area contributed by atoms with E-state index in [2.05, 4.69) is 5.32 Å². The average Bonchev–Trinajstić information content (AvgIpc) is 2.59. The number of esters is 1.